The lowest BCUT2D eigenvalue weighted by molar-refractivity contribution is -0.143. The molecule has 166 valence electrons. The summed E-state index contributed by atoms with van der Waals surface area (Å²) < 4.78 is 9.86. The van der Waals surface area contributed by atoms with Gasteiger partial charge in [-0.3, -0.25) is 14.7 Å². The van der Waals surface area contributed by atoms with Crippen molar-refractivity contribution in [3.63, 3.8) is 0 Å². The molecule has 2 heterocycles. The van der Waals surface area contributed by atoms with Gasteiger partial charge < -0.3 is 19.5 Å². The van der Waals surface area contributed by atoms with Crippen LogP contribution >= 0.6 is 24.0 Å². The summed E-state index contributed by atoms with van der Waals surface area (Å²) in [5, 5.41) is 7.40. The van der Waals surface area contributed by atoms with E-state index in [9.17, 15) is 4.79 Å². The molecular formula is C20H36IN5O3. The zero-order chi connectivity index (χ0) is 20.0. The molecule has 1 fully saturated rings. The van der Waals surface area contributed by atoms with Gasteiger partial charge in [-0.2, -0.15) is 0 Å². The van der Waals surface area contributed by atoms with Gasteiger partial charge in [-0.1, -0.05) is 18.0 Å². The molecule has 1 aliphatic rings. The van der Waals surface area contributed by atoms with Gasteiger partial charge in [-0.05, 0) is 26.7 Å². The summed E-state index contributed by atoms with van der Waals surface area (Å²) in [4.78, 5) is 20.8. The largest absolute Gasteiger partial charge is 0.466 e. The number of halogens is 1. The topological polar surface area (TPSA) is 83.2 Å². The van der Waals surface area contributed by atoms with Crippen molar-refractivity contribution in [2.45, 2.75) is 52.5 Å². The highest BCUT2D eigenvalue weighted by Crippen LogP contribution is 2.08. The first-order valence-corrected chi connectivity index (χ1v) is 10.5. The van der Waals surface area contributed by atoms with Gasteiger partial charge in [0.2, 0.25) is 0 Å². The van der Waals surface area contributed by atoms with Crippen LogP contribution in [0, 0.1) is 0 Å². The minimum absolute atomic E-state index is 0. The molecule has 0 atom stereocenters. The van der Waals surface area contributed by atoms with Crippen LogP contribution in [0.25, 0.3) is 0 Å². The maximum atomic E-state index is 11.3. The third kappa shape index (κ3) is 10.3. The number of rotatable bonds is 11. The molecule has 1 aromatic heterocycles. The number of nitrogens with one attached hydrogen (secondary N) is 1. The lowest BCUT2D eigenvalue weighted by atomic mass is 10.1. The van der Waals surface area contributed by atoms with E-state index < -0.39 is 0 Å². The van der Waals surface area contributed by atoms with Gasteiger partial charge >= 0.3 is 5.97 Å². The van der Waals surface area contributed by atoms with Crippen LogP contribution in [0.4, 0.5) is 0 Å². The van der Waals surface area contributed by atoms with Gasteiger partial charge in [0.15, 0.2) is 5.96 Å². The predicted octanol–water partition coefficient (Wildman–Crippen LogP) is 2.89. The van der Waals surface area contributed by atoms with Crippen molar-refractivity contribution in [1.29, 1.82) is 0 Å². The summed E-state index contributed by atoms with van der Waals surface area (Å²) in [6.45, 7) is 10.8. The molecule has 1 aliphatic heterocycles. The molecule has 0 amide bonds. The Morgan fingerprint density at radius 3 is 2.62 bits per heavy atom. The van der Waals surface area contributed by atoms with Crippen molar-refractivity contribution in [1.82, 2.24) is 20.3 Å². The molecule has 0 unspecified atom stereocenters. The number of unbranched alkanes of at least 4 members (excludes halogenated alkanes) is 3. The summed E-state index contributed by atoms with van der Waals surface area (Å²) >= 11 is 0. The minimum Gasteiger partial charge on any atom is -0.466 e. The van der Waals surface area contributed by atoms with Crippen molar-refractivity contribution in [3.8, 4) is 0 Å². The molecule has 8 nitrogen and oxygen atoms in total. The van der Waals surface area contributed by atoms with Crippen molar-refractivity contribution in [2.75, 3.05) is 45.9 Å². The Hall–Kier alpha value is -1.36. The molecule has 0 radical (unpaired) electrons. The number of carbonyl (C=O) groups is 1. The van der Waals surface area contributed by atoms with E-state index in [1.54, 1.807) is 6.26 Å². The van der Waals surface area contributed by atoms with Crippen LogP contribution in [-0.4, -0.2) is 72.8 Å². The van der Waals surface area contributed by atoms with Crippen molar-refractivity contribution in [2.24, 2.45) is 4.99 Å². The summed E-state index contributed by atoms with van der Waals surface area (Å²) in [6.07, 6.45) is 6.23. The zero-order valence-corrected chi connectivity index (χ0v) is 20.1. The Kier molecular flexibility index (Phi) is 13.7. The third-order valence-corrected chi connectivity index (χ3v) is 4.74. The minimum atomic E-state index is -0.0855. The average Bonchev–Trinajstić information content (AvgIpc) is 3.20. The molecule has 0 aliphatic carbocycles. The Balaban J connectivity index is 0.00000420. The maximum absolute atomic E-state index is 11.3. The van der Waals surface area contributed by atoms with Crippen LogP contribution in [0.3, 0.4) is 0 Å². The first kappa shape index (κ1) is 25.7. The highest BCUT2D eigenvalue weighted by Gasteiger charge is 2.20. The number of aliphatic imine (C=N–C) groups is 1. The first-order valence-electron chi connectivity index (χ1n) is 10.5. The summed E-state index contributed by atoms with van der Waals surface area (Å²) in [6, 6.07) is 1.92. The average molecular weight is 521 g/mol. The van der Waals surface area contributed by atoms with Crippen LogP contribution in [0.15, 0.2) is 21.8 Å². The van der Waals surface area contributed by atoms with E-state index in [1.165, 1.54) is 0 Å². The number of esters is 1. The zero-order valence-electron chi connectivity index (χ0n) is 17.8. The highest BCUT2D eigenvalue weighted by atomic mass is 127. The van der Waals surface area contributed by atoms with Crippen molar-refractivity contribution >= 4 is 35.9 Å². The number of hydrogen-bond donors (Lipinski definition) is 1. The lowest BCUT2D eigenvalue weighted by Gasteiger charge is -2.36. The first-order chi connectivity index (χ1) is 13.7. The van der Waals surface area contributed by atoms with E-state index in [0.29, 0.717) is 13.0 Å². The van der Waals surface area contributed by atoms with E-state index in [0.717, 1.165) is 83.2 Å². The molecule has 0 spiro atoms. The van der Waals surface area contributed by atoms with Gasteiger partial charge in [0.1, 0.15) is 6.26 Å². The Morgan fingerprint density at radius 1 is 1.21 bits per heavy atom. The summed E-state index contributed by atoms with van der Waals surface area (Å²) in [7, 11) is 0. The smallest absolute Gasteiger partial charge is 0.305 e. The van der Waals surface area contributed by atoms with Gasteiger partial charge in [0, 0.05) is 58.3 Å². The van der Waals surface area contributed by atoms with Crippen molar-refractivity contribution < 1.29 is 14.1 Å². The van der Waals surface area contributed by atoms with Gasteiger partial charge in [0.05, 0.1) is 12.3 Å². The summed E-state index contributed by atoms with van der Waals surface area (Å²) in [5.74, 6) is 0.924. The summed E-state index contributed by atoms with van der Waals surface area (Å²) in [5.41, 5.74) is 0.983. The van der Waals surface area contributed by atoms with Gasteiger partial charge in [0.25, 0.3) is 0 Å². The fourth-order valence-electron chi connectivity index (χ4n) is 3.24. The number of ether oxygens (including phenoxy) is 1. The van der Waals surface area contributed by atoms with Gasteiger partial charge in [-0.25, -0.2) is 0 Å². The maximum Gasteiger partial charge on any atom is 0.305 e. The third-order valence-electron chi connectivity index (χ3n) is 4.74. The Morgan fingerprint density at radius 2 is 1.97 bits per heavy atom. The molecule has 1 aromatic rings. The van der Waals surface area contributed by atoms with Crippen LogP contribution in [0.2, 0.25) is 0 Å². The standard InChI is InChI=1S/C20H35N5O3.HI/c1-3-21-20(22-11-8-6-5-7-9-19(26)27-4-2)25-14-12-24(13-15-25)17-18-10-16-28-23-18;/h10,16H,3-9,11-15,17H2,1-2H3,(H,21,22);1H. The van der Waals surface area contributed by atoms with Crippen LogP contribution in [-0.2, 0) is 16.1 Å². The van der Waals surface area contributed by atoms with Crippen LogP contribution < -0.4 is 5.32 Å². The Bertz CT molecular complexity index is 575. The quantitative estimate of drug-likeness (QED) is 0.158. The highest BCUT2D eigenvalue weighted by molar-refractivity contribution is 14.0. The number of aromatic nitrogens is 1. The molecule has 1 saturated heterocycles. The van der Waals surface area contributed by atoms with Crippen LogP contribution in [0.1, 0.15) is 51.6 Å². The SMILES string of the molecule is CCNC(=NCCCCCCC(=O)OCC)N1CCN(Cc2ccon2)CC1.I. The monoisotopic (exact) mass is 521 g/mol. The van der Waals surface area contributed by atoms with E-state index in [-0.39, 0.29) is 29.9 Å². The van der Waals surface area contributed by atoms with Gasteiger partial charge in [-0.15, -0.1) is 24.0 Å². The fraction of sp³-hybridized carbons (Fsp3) is 0.750. The molecule has 0 bridgehead atoms. The molecule has 29 heavy (non-hydrogen) atoms. The molecular weight excluding hydrogens is 485 g/mol. The normalized spacial score (nSPS) is 15.1. The lowest BCUT2D eigenvalue weighted by Crippen LogP contribution is -2.52. The molecule has 9 heteroatoms. The second-order valence-electron chi connectivity index (χ2n) is 6.96. The van der Waals surface area contributed by atoms with Crippen molar-refractivity contribution in [3.05, 3.63) is 18.0 Å². The Labute approximate surface area is 191 Å². The van der Waals surface area contributed by atoms with E-state index in [2.05, 4.69) is 27.2 Å². The van der Waals surface area contributed by atoms with Crippen LogP contribution in [0.5, 0.6) is 0 Å². The molecule has 0 saturated carbocycles. The molecule has 0 aromatic carbocycles. The van der Waals surface area contributed by atoms with E-state index in [4.69, 9.17) is 14.3 Å². The molecule has 2 rings (SSSR count). The second-order valence-corrected chi connectivity index (χ2v) is 6.96. The van der Waals surface area contributed by atoms with E-state index >= 15 is 0 Å². The number of carbonyl (C=O) groups excluding carboxylic acids is 1. The number of hydrogen-bond acceptors (Lipinski definition) is 6. The number of guanidine groups is 1. The second kappa shape index (κ2) is 15.5. The molecule has 1 N–H and O–H groups in total. The van der Waals surface area contributed by atoms with E-state index in [1.807, 2.05) is 13.0 Å². The number of nitrogens with zero attached hydrogens (tertiary/aromatic N) is 4. The fourth-order valence-corrected chi connectivity index (χ4v) is 3.24. The number of piperazine rings is 1. The predicted molar refractivity (Wildman–Crippen MR) is 124 cm³/mol.